The van der Waals surface area contributed by atoms with Crippen molar-refractivity contribution in [2.75, 3.05) is 0 Å². The van der Waals surface area contributed by atoms with E-state index in [0.717, 1.165) is 0 Å². The summed E-state index contributed by atoms with van der Waals surface area (Å²) in [6.07, 6.45) is 0. The van der Waals surface area contributed by atoms with Crippen LogP contribution in [0.5, 0.6) is 0 Å². The van der Waals surface area contributed by atoms with Crippen molar-refractivity contribution < 1.29 is 16.4 Å². The number of rotatable bonds is 0. The zero-order valence-corrected chi connectivity index (χ0v) is 6.63. The molecule has 9 heavy (non-hydrogen) atoms. The lowest BCUT2D eigenvalue weighted by Gasteiger charge is -2.02. The van der Waals surface area contributed by atoms with Crippen LogP contribution in [0.1, 0.15) is 0 Å². The van der Waals surface area contributed by atoms with Gasteiger partial charge in [0.25, 0.3) is 0 Å². The summed E-state index contributed by atoms with van der Waals surface area (Å²) in [5.74, 6) is 0. The quantitative estimate of drug-likeness (QED) is 0.300. The Morgan fingerprint density at radius 3 is 1.22 bits per heavy atom. The van der Waals surface area contributed by atoms with Crippen molar-refractivity contribution in [3.8, 4) is 0 Å². The predicted molar refractivity (Wildman–Crippen MR) is 30.4 cm³/mol. The van der Waals surface area contributed by atoms with E-state index in [1.54, 1.807) is 0 Å². The highest BCUT2D eigenvalue weighted by Crippen LogP contribution is 2.40. The Morgan fingerprint density at radius 2 is 1.11 bits per heavy atom. The molecule has 0 N–H and O–H groups in total. The predicted octanol–water partition coefficient (Wildman–Crippen LogP) is 2.30. The maximum absolute atomic E-state index is 12.1. The van der Waals surface area contributed by atoms with Crippen LogP contribution in [0.3, 0.4) is 0 Å². The molecule has 0 aromatic rings. The summed E-state index contributed by atoms with van der Waals surface area (Å²) in [6.45, 7) is 0. The van der Waals surface area contributed by atoms with Crippen LogP contribution in [0, 0.1) is 0 Å². The maximum atomic E-state index is 12.1. The topological polar surface area (TPSA) is 0 Å². The smallest absolute Gasteiger partial charge is 0.271 e. The second-order valence-corrected chi connectivity index (χ2v) is 8.23. The molecule has 0 atom stereocenters. The molecule has 1 aliphatic rings. The third kappa shape index (κ3) is 1.78. The lowest BCUT2D eigenvalue weighted by molar-refractivity contribution is 0.596. The van der Waals surface area contributed by atoms with Crippen molar-refractivity contribution >= 4 is 17.5 Å². The molecule has 0 radical (unpaired) electrons. The van der Waals surface area contributed by atoms with Gasteiger partial charge in [0, 0.05) is 12.1 Å². The minimum absolute atomic E-state index is 0.466. The fourth-order valence-electron chi connectivity index (χ4n) is 0.921. The first-order chi connectivity index (χ1) is 3.91. The summed E-state index contributed by atoms with van der Waals surface area (Å²) in [7, 11) is -8.73. The zero-order valence-electron chi connectivity index (χ0n) is 4.63. The first-order valence-electron chi connectivity index (χ1n) is 2.67. The summed E-state index contributed by atoms with van der Waals surface area (Å²) >= 11 is 0. The van der Waals surface area contributed by atoms with Gasteiger partial charge >= 0.3 is 17.5 Å². The zero-order chi connectivity index (χ0) is 7.12. The van der Waals surface area contributed by atoms with Gasteiger partial charge in [-0.15, -0.1) is 0 Å². The van der Waals surface area contributed by atoms with E-state index in [9.17, 15) is 16.4 Å². The van der Waals surface area contributed by atoms with Gasteiger partial charge in [-0.25, -0.2) is 0 Å². The molecule has 1 heterocycles. The molecule has 1 rings (SSSR count). The SMILES string of the molecule is F[Si]1(F)CC[Si](F)(F)C1. The average molecular weight is 174 g/mol. The molecular formula is C3H6F4Si2. The number of hydrogen-bond acceptors (Lipinski definition) is 0. The summed E-state index contributed by atoms with van der Waals surface area (Å²) in [6, 6.07) is -0.932. The van der Waals surface area contributed by atoms with Crippen LogP contribution >= 0.6 is 0 Å². The van der Waals surface area contributed by atoms with Crippen molar-refractivity contribution in [3.05, 3.63) is 0 Å². The molecule has 0 aromatic heterocycles. The van der Waals surface area contributed by atoms with E-state index < -0.39 is 35.2 Å². The fraction of sp³-hybridized carbons (Fsp3) is 1.00. The van der Waals surface area contributed by atoms with Crippen molar-refractivity contribution in [2.24, 2.45) is 0 Å². The highest BCUT2D eigenvalue weighted by Gasteiger charge is 2.57. The molecule has 0 unspecified atom stereocenters. The minimum Gasteiger partial charge on any atom is -0.271 e. The Balaban J connectivity index is 2.58. The Labute approximate surface area is 52.6 Å². The van der Waals surface area contributed by atoms with Gasteiger partial charge in [0.2, 0.25) is 0 Å². The van der Waals surface area contributed by atoms with Crippen LogP contribution in [0.4, 0.5) is 16.4 Å². The Hall–Kier alpha value is 0.154. The molecule has 54 valence electrons. The molecule has 0 nitrogen and oxygen atoms in total. The number of halogens is 4. The van der Waals surface area contributed by atoms with E-state index in [-0.39, 0.29) is 0 Å². The van der Waals surface area contributed by atoms with Gasteiger partial charge in [-0.2, -0.15) is 0 Å². The summed E-state index contributed by atoms with van der Waals surface area (Å²) < 4.78 is 48.5. The summed E-state index contributed by atoms with van der Waals surface area (Å²) in [5, 5.41) is 0. The van der Waals surface area contributed by atoms with Crippen LogP contribution in [-0.4, -0.2) is 17.5 Å². The summed E-state index contributed by atoms with van der Waals surface area (Å²) in [4.78, 5) is 0. The van der Waals surface area contributed by atoms with Gasteiger partial charge in [0.15, 0.2) is 0 Å². The lowest BCUT2D eigenvalue weighted by Crippen LogP contribution is -2.24. The first-order valence-corrected chi connectivity index (χ1v) is 7.01. The minimum atomic E-state index is -4.36. The fourth-order valence-corrected chi connectivity index (χ4v) is 8.29. The van der Waals surface area contributed by atoms with E-state index in [1.807, 2.05) is 0 Å². The monoisotopic (exact) mass is 174 g/mol. The highest BCUT2D eigenvalue weighted by molar-refractivity contribution is 6.89. The molecule has 0 aliphatic carbocycles. The molecular weight excluding hydrogens is 168 g/mol. The molecule has 1 aliphatic heterocycles. The van der Waals surface area contributed by atoms with Gasteiger partial charge in [-0.05, 0) is 0 Å². The lowest BCUT2D eigenvalue weighted by atomic mass is 11.0. The molecule has 1 saturated heterocycles. The molecule has 0 amide bonds. The van der Waals surface area contributed by atoms with Crippen LogP contribution < -0.4 is 0 Å². The van der Waals surface area contributed by atoms with Crippen LogP contribution in [0.25, 0.3) is 0 Å². The van der Waals surface area contributed by atoms with Gasteiger partial charge in [0.1, 0.15) is 0 Å². The largest absolute Gasteiger partial charge is 0.427 e. The Morgan fingerprint density at radius 1 is 0.778 bits per heavy atom. The molecule has 6 heteroatoms. The van der Waals surface area contributed by atoms with Crippen LogP contribution in [-0.2, 0) is 0 Å². The van der Waals surface area contributed by atoms with E-state index in [0.29, 0.717) is 0 Å². The maximum Gasteiger partial charge on any atom is 0.427 e. The van der Waals surface area contributed by atoms with Crippen molar-refractivity contribution in [1.82, 2.24) is 0 Å². The average Bonchev–Trinajstić information content (AvgIpc) is 1.78. The molecule has 0 aromatic carbocycles. The van der Waals surface area contributed by atoms with Gasteiger partial charge in [0.05, 0.1) is 5.67 Å². The molecule has 0 saturated carbocycles. The van der Waals surface area contributed by atoms with Crippen molar-refractivity contribution in [1.29, 1.82) is 0 Å². The summed E-state index contributed by atoms with van der Waals surface area (Å²) in [5.41, 5.74) is -0.986. The van der Waals surface area contributed by atoms with Crippen molar-refractivity contribution in [3.63, 3.8) is 0 Å². The van der Waals surface area contributed by atoms with E-state index in [2.05, 4.69) is 0 Å². The van der Waals surface area contributed by atoms with Crippen LogP contribution in [0.2, 0.25) is 17.8 Å². The second kappa shape index (κ2) is 1.82. The van der Waals surface area contributed by atoms with Gasteiger partial charge < -0.3 is 0 Å². The second-order valence-electron chi connectivity index (χ2n) is 2.39. The first kappa shape index (κ1) is 7.26. The molecule has 0 bridgehead atoms. The highest BCUT2D eigenvalue weighted by atomic mass is 28.5. The normalized spacial score (nSPS) is 30.7. The van der Waals surface area contributed by atoms with Crippen molar-refractivity contribution in [2.45, 2.75) is 17.8 Å². The van der Waals surface area contributed by atoms with Crippen LogP contribution in [0.15, 0.2) is 0 Å². The van der Waals surface area contributed by atoms with E-state index in [1.165, 1.54) is 0 Å². The van der Waals surface area contributed by atoms with Gasteiger partial charge in [-0.3, -0.25) is 16.4 Å². The number of hydrogen-bond donors (Lipinski definition) is 0. The molecule has 0 spiro atoms. The Kier molecular flexibility index (Phi) is 1.47. The van der Waals surface area contributed by atoms with E-state index in [4.69, 9.17) is 0 Å². The third-order valence-electron chi connectivity index (χ3n) is 1.37. The standard InChI is InChI=1S/C3H6F4Si2/c4-8(5)1-2-9(6,7)3-8/h1-3H2. The molecule has 1 fully saturated rings. The van der Waals surface area contributed by atoms with Gasteiger partial charge in [-0.1, -0.05) is 0 Å². The third-order valence-corrected chi connectivity index (χ3v) is 7.97. The Bertz CT molecular complexity index is 109. The van der Waals surface area contributed by atoms with E-state index >= 15 is 0 Å².